The number of hydrogen-bond acceptors (Lipinski definition) is 4. The van der Waals surface area contributed by atoms with Crippen molar-refractivity contribution in [3.05, 3.63) is 0 Å². The average molecular weight is 245 g/mol. The third kappa shape index (κ3) is 3.33. The van der Waals surface area contributed by atoms with Crippen molar-refractivity contribution < 1.29 is 19.4 Å². The van der Waals surface area contributed by atoms with E-state index < -0.39 is 18.4 Å². The fraction of sp³-hybridized carbons (Fsp3) is 0.917. The first-order chi connectivity index (χ1) is 8.01. The van der Waals surface area contributed by atoms with Gasteiger partial charge in [0.1, 0.15) is 0 Å². The molecule has 100 valence electrons. The lowest BCUT2D eigenvalue weighted by molar-refractivity contribution is -0.211. The highest BCUT2D eigenvalue weighted by atomic mass is 16.6. The maximum Gasteiger partial charge on any atom is 0.407 e. The topological polar surface area (TPSA) is 67.8 Å². The zero-order valence-corrected chi connectivity index (χ0v) is 11.0. The van der Waals surface area contributed by atoms with E-state index in [2.05, 4.69) is 12.2 Å². The van der Waals surface area contributed by atoms with Gasteiger partial charge in [0.05, 0.1) is 18.8 Å². The summed E-state index contributed by atoms with van der Waals surface area (Å²) in [5, 5.41) is 12.5. The molecule has 0 radical (unpaired) electrons. The lowest BCUT2D eigenvalue weighted by Gasteiger charge is -2.42. The van der Waals surface area contributed by atoms with Gasteiger partial charge in [0.2, 0.25) is 0 Å². The number of carbonyl (C=O) groups is 1. The number of hydrogen-bond donors (Lipinski definition) is 2. The molecule has 0 aromatic heterocycles. The maximum absolute atomic E-state index is 11.4. The van der Waals surface area contributed by atoms with Crippen LogP contribution < -0.4 is 5.32 Å². The summed E-state index contributed by atoms with van der Waals surface area (Å²) in [6, 6.07) is -0.410. The predicted molar refractivity (Wildman–Crippen MR) is 63.4 cm³/mol. The molecule has 5 atom stereocenters. The molecule has 5 unspecified atom stereocenters. The first-order valence-electron chi connectivity index (χ1n) is 6.28. The normalized spacial score (nSPS) is 37.6. The summed E-state index contributed by atoms with van der Waals surface area (Å²) in [6.07, 6.45) is -0.570. The van der Waals surface area contributed by atoms with E-state index in [0.29, 0.717) is 6.61 Å². The van der Waals surface area contributed by atoms with E-state index in [1.807, 2.05) is 13.8 Å². The van der Waals surface area contributed by atoms with Crippen LogP contribution in [0.3, 0.4) is 0 Å². The first kappa shape index (κ1) is 14.3. The molecular weight excluding hydrogens is 222 g/mol. The minimum absolute atomic E-state index is 0.0419. The summed E-state index contributed by atoms with van der Waals surface area (Å²) < 4.78 is 10.3. The van der Waals surface area contributed by atoms with Gasteiger partial charge in [-0.3, -0.25) is 0 Å². The van der Waals surface area contributed by atoms with Crippen LogP contribution in [0.2, 0.25) is 0 Å². The fourth-order valence-electron chi connectivity index (χ4n) is 2.29. The van der Waals surface area contributed by atoms with E-state index in [-0.39, 0.29) is 17.9 Å². The largest absolute Gasteiger partial charge is 0.450 e. The van der Waals surface area contributed by atoms with Crippen molar-refractivity contribution in [1.29, 1.82) is 0 Å². The summed E-state index contributed by atoms with van der Waals surface area (Å²) in [5.74, 6) is 0.434. The number of aliphatic hydroxyl groups is 1. The molecular formula is C12H23NO4. The van der Waals surface area contributed by atoms with E-state index in [1.54, 1.807) is 6.92 Å². The fourth-order valence-corrected chi connectivity index (χ4v) is 2.29. The second-order valence-corrected chi connectivity index (χ2v) is 4.58. The number of nitrogens with one attached hydrogen (secondary N) is 1. The molecule has 1 fully saturated rings. The Kier molecular flexibility index (Phi) is 5.21. The van der Waals surface area contributed by atoms with Crippen molar-refractivity contribution in [3.8, 4) is 0 Å². The highest BCUT2D eigenvalue weighted by molar-refractivity contribution is 5.67. The van der Waals surface area contributed by atoms with Crippen molar-refractivity contribution in [1.82, 2.24) is 5.32 Å². The van der Waals surface area contributed by atoms with Crippen LogP contribution in [0.25, 0.3) is 0 Å². The minimum atomic E-state index is -0.962. The van der Waals surface area contributed by atoms with E-state index in [4.69, 9.17) is 9.47 Å². The van der Waals surface area contributed by atoms with Gasteiger partial charge in [-0.15, -0.1) is 0 Å². The van der Waals surface area contributed by atoms with Crippen LogP contribution in [-0.4, -0.2) is 36.2 Å². The number of amides is 1. The Labute approximate surface area is 102 Å². The van der Waals surface area contributed by atoms with Crippen molar-refractivity contribution in [2.24, 2.45) is 11.8 Å². The van der Waals surface area contributed by atoms with Gasteiger partial charge in [0.25, 0.3) is 0 Å². The monoisotopic (exact) mass is 245 g/mol. The van der Waals surface area contributed by atoms with Gasteiger partial charge in [-0.05, 0) is 25.2 Å². The number of aliphatic hydroxyl groups excluding tert-OH is 1. The van der Waals surface area contributed by atoms with E-state index in [0.717, 1.165) is 6.42 Å². The van der Waals surface area contributed by atoms with Gasteiger partial charge in [0.15, 0.2) is 6.29 Å². The average Bonchev–Trinajstić information content (AvgIpc) is 2.29. The third-order valence-electron chi connectivity index (χ3n) is 3.57. The zero-order valence-electron chi connectivity index (χ0n) is 11.0. The maximum atomic E-state index is 11.4. The van der Waals surface area contributed by atoms with Crippen molar-refractivity contribution in [3.63, 3.8) is 0 Å². The van der Waals surface area contributed by atoms with Crippen LogP contribution in [-0.2, 0) is 9.47 Å². The Morgan fingerprint density at radius 1 is 1.35 bits per heavy atom. The van der Waals surface area contributed by atoms with Gasteiger partial charge >= 0.3 is 6.09 Å². The number of ether oxygens (including phenoxy) is 2. The molecule has 1 saturated heterocycles. The number of alkyl carbamates (subject to hydrolysis) is 1. The lowest BCUT2D eigenvalue weighted by Crippen LogP contribution is -2.56. The summed E-state index contributed by atoms with van der Waals surface area (Å²) >= 11 is 0. The van der Waals surface area contributed by atoms with Crippen LogP contribution >= 0.6 is 0 Å². The molecule has 5 nitrogen and oxygen atoms in total. The first-order valence-corrected chi connectivity index (χ1v) is 6.28. The molecule has 0 saturated carbocycles. The lowest BCUT2D eigenvalue weighted by atomic mass is 9.81. The molecule has 0 bridgehead atoms. The smallest absolute Gasteiger partial charge is 0.407 e. The second-order valence-electron chi connectivity index (χ2n) is 4.58. The third-order valence-corrected chi connectivity index (χ3v) is 3.57. The molecule has 1 aliphatic heterocycles. The minimum Gasteiger partial charge on any atom is -0.450 e. The Balaban J connectivity index is 2.63. The predicted octanol–water partition coefficient (Wildman–Crippen LogP) is 1.50. The van der Waals surface area contributed by atoms with Crippen LogP contribution in [0.1, 0.15) is 34.1 Å². The molecule has 0 aromatic carbocycles. The van der Waals surface area contributed by atoms with Gasteiger partial charge in [-0.1, -0.05) is 20.8 Å². The highest BCUT2D eigenvalue weighted by Gasteiger charge is 2.40. The van der Waals surface area contributed by atoms with Gasteiger partial charge in [-0.25, -0.2) is 4.79 Å². The van der Waals surface area contributed by atoms with Crippen molar-refractivity contribution in [2.75, 3.05) is 6.61 Å². The Morgan fingerprint density at radius 2 is 2.00 bits per heavy atom. The van der Waals surface area contributed by atoms with Gasteiger partial charge < -0.3 is 19.9 Å². The van der Waals surface area contributed by atoms with Crippen LogP contribution in [0.4, 0.5) is 4.79 Å². The standard InChI is InChI=1S/C12H23NO4/c1-5-9-7(3)8(4)10(11(14)17-9)13-12(15)16-6-2/h7-11,14H,5-6H2,1-4H3,(H,13,15). The van der Waals surface area contributed by atoms with Gasteiger partial charge in [-0.2, -0.15) is 0 Å². The van der Waals surface area contributed by atoms with Crippen LogP contribution in [0.5, 0.6) is 0 Å². The number of carbonyl (C=O) groups excluding carboxylic acids is 1. The number of rotatable bonds is 3. The quantitative estimate of drug-likeness (QED) is 0.790. The summed E-state index contributed by atoms with van der Waals surface area (Å²) in [5.41, 5.74) is 0. The molecule has 2 N–H and O–H groups in total. The summed E-state index contributed by atoms with van der Waals surface area (Å²) in [7, 11) is 0. The van der Waals surface area contributed by atoms with E-state index in [9.17, 15) is 9.90 Å². The second kappa shape index (κ2) is 6.21. The van der Waals surface area contributed by atoms with E-state index >= 15 is 0 Å². The van der Waals surface area contributed by atoms with E-state index in [1.165, 1.54) is 0 Å². The van der Waals surface area contributed by atoms with Crippen LogP contribution in [0, 0.1) is 11.8 Å². The molecule has 0 spiro atoms. The van der Waals surface area contributed by atoms with Crippen LogP contribution in [0.15, 0.2) is 0 Å². The molecule has 0 aromatic rings. The Bertz CT molecular complexity index is 259. The zero-order chi connectivity index (χ0) is 13.0. The highest BCUT2D eigenvalue weighted by Crippen LogP contribution is 2.31. The SMILES string of the molecule is CCOC(=O)NC1C(O)OC(CC)C(C)C1C. The van der Waals surface area contributed by atoms with Crippen molar-refractivity contribution in [2.45, 2.75) is 52.6 Å². The van der Waals surface area contributed by atoms with Gasteiger partial charge in [0, 0.05) is 0 Å². The Hall–Kier alpha value is -0.810. The molecule has 1 aliphatic rings. The summed E-state index contributed by atoms with van der Waals surface area (Å²) in [6.45, 7) is 8.17. The summed E-state index contributed by atoms with van der Waals surface area (Å²) in [4.78, 5) is 11.4. The molecule has 1 rings (SSSR count). The molecule has 0 aliphatic carbocycles. The Morgan fingerprint density at radius 3 is 2.53 bits per heavy atom. The van der Waals surface area contributed by atoms with Crippen molar-refractivity contribution >= 4 is 6.09 Å². The molecule has 17 heavy (non-hydrogen) atoms. The molecule has 1 amide bonds. The molecule has 5 heteroatoms. The molecule has 1 heterocycles.